The number of nitrogens with one attached hydrogen (secondary N) is 1. The number of carbonyl (C=O) groups is 2. The summed E-state index contributed by atoms with van der Waals surface area (Å²) in [4.78, 5) is 25.5. The number of carbonyl (C=O) groups excluding carboxylic acids is 2. The summed E-state index contributed by atoms with van der Waals surface area (Å²) in [5, 5.41) is 2.84. The number of amides is 2. The molecule has 6 heteroatoms. The van der Waals surface area contributed by atoms with Crippen molar-refractivity contribution in [1.82, 2.24) is 10.2 Å². The SMILES string of the molecule is CCOCC(=O)NCC1CCN(C(=O)c2ccccc2F)CC1. The van der Waals surface area contributed by atoms with E-state index in [1.54, 1.807) is 17.0 Å². The van der Waals surface area contributed by atoms with E-state index in [1.165, 1.54) is 12.1 Å². The Balaban J connectivity index is 1.77. The first-order chi connectivity index (χ1) is 11.1. The summed E-state index contributed by atoms with van der Waals surface area (Å²) < 4.78 is 18.7. The summed E-state index contributed by atoms with van der Waals surface area (Å²) in [5.41, 5.74) is 0.121. The highest BCUT2D eigenvalue weighted by molar-refractivity contribution is 5.94. The number of piperidine rings is 1. The molecule has 0 aromatic heterocycles. The second-order valence-electron chi connectivity index (χ2n) is 5.66. The second-order valence-corrected chi connectivity index (χ2v) is 5.66. The van der Waals surface area contributed by atoms with E-state index in [0.717, 1.165) is 12.8 Å². The lowest BCUT2D eigenvalue weighted by molar-refractivity contribution is -0.125. The number of ether oxygens (including phenoxy) is 1. The average molecular weight is 322 g/mol. The molecule has 0 spiro atoms. The Hall–Kier alpha value is -1.95. The molecule has 0 aliphatic carbocycles. The van der Waals surface area contributed by atoms with Gasteiger partial charge in [-0.2, -0.15) is 0 Å². The van der Waals surface area contributed by atoms with Crippen LogP contribution in [0.4, 0.5) is 4.39 Å². The molecule has 23 heavy (non-hydrogen) atoms. The van der Waals surface area contributed by atoms with Crippen molar-refractivity contribution in [3.63, 3.8) is 0 Å². The molecular weight excluding hydrogens is 299 g/mol. The van der Waals surface area contributed by atoms with Crippen molar-refractivity contribution in [2.24, 2.45) is 5.92 Å². The van der Waals surface area contributed by atoms with E-state index in [4.69, 9.17) is 4.74 Å². The molecule has 126 valence electrons. The highest BCUT2D eigenvalue weighted by atomic mass is 19.1. The quantitative estimate of drug-likeness (QED) is 0.869. The van der Waals surface area contributed by atoms with Crippen LogP contribution >= 0.6 is 0 Å². The minimum Gasteiger partial charge on any atom is -0.372 e. The van der Waals surface area contributed by atoms with Gasteiger partial charge < -0.3 is 15.0 Å². The number of rotatable bonds is 6. The number of hydrogen-bond acceptors (Lipinski definition) is 3. The lowest BCUT2D eigenvalue weighted by Crippen LogP contribution is -2.42. The fourth-order valence-corrected chi connectivity index (χ4v) is 2.65. The van der Waals surface area contributed by atoms with Crippen LogP contribution in [0.2, 0.25) is 0 Å². The molecule has 1 aromatic carbocycles. The van der Waals surface area contributed by atoms with Crippen LogP contribution in [0.1, 0.15) is 30.1 Å². The lowest BCUT2D eigenvalue weighted by Gasteiger charge is -2.32. The molecule has 0 radical (unpaired) electrons. The maximum absolute atomic E-state index is 13.7. The fourth-order valence-electron chi connectivity index (χ4n) is 2.65. The van der Waals surface area contributed by atoms with E-state index in [0.29, 0.717) is 32.2 Å². The molecule has 0 unspecified atom stereocenters. The maximum Gasteiger partial charge on any atom is 0.256 e. The summed E-state index contributed by atoms with van der Waals surface area (Å²) >= 11 is 0. The van der Waals surface area contributed by atoms with Gasteiger partial charge in [0.2, 0.25) is 5.91 Å². The summed E-state index contributed by atoms with van der Waals surface area (Å²) in [6.07, 6.45) is 1.60. The van der Waals surface area contributed by atoms with Gasteiger partial charge in [0.1, 0.15) is 12.4 Å². The van der Waals surface area contributed by atoms with E-state index in [-0.39, 0.29) is 24.0 Å². The Bertz CT molecular complexity index is 542. The summed E-state index contributed by atoms with van der Waals surface area (Å²) in [6, 6.07) is 6.05. The van der Waals surface area contributed by atoms with Gasteiger partial charge in [-0.1, -0.05) is 12.1 Å². The number of hydrogen-bond donors (Lipinski definition) is 1. The van der Waals surface area contributed by atoms with Crippen LogP contribution < -0.4 is 5.32 Å². The molecular formula is C17H23FN2O3. The second kappa shape index (κ2) is 8.62. The van der Waals surface area contributed by atoms with Crippen molar-refractivity contribution in [3.8, 4) is 0 Å². The van der Waals surface area contributed by atoms with Crippen LogP contribution in [0.25, 0.3) is 0 Å². The van der Waals surface area contributed by atoms with Crippen molar-refractivity contribution in [1.29, 1.82) is 0 Å². The maximum atomic E-state index is 13.7. The van der Waals surface area contributed by atoms with E-state index in [9.17, 15) is 14.0 Å². The van der Waals surface area contributed by atoms with Crippen molar-refractivity contribution in [2.75, 3.05) is 32.8 Å². The molecule has 5 nitrogen and oxygen atoms in total. The van der Waals surface area contributed by atoms with Crippen molar-refractivity contribution in [2.45, 2.75) is 19.8 Å². The van der Waals surface area contributed by atoms with Crippen LogP contribution in [0.15, 0.2) is 24.3 Å². The normalized spacial score (nSPS) is 15.5. The minimum atomic E-state index is -0.484. The Morgan fingerprint density at radius 1 is 1.30 bits per heavy atom. The van der Waals surface area contributed by atoms with E-state index < -0.39 is 5.82 Å². The van der Waals surface area contributed by atoms with E-state index >= 15 is 0 Å². The van der Waals surface area contributed by atoms with Crippen LogP contribution in [-0.2, 0) is 9.53 Å². The van der Waals surface area contributed by atoms with Crippen LogP contribution in [0.5, 0.6) is 0 Å². The van der Waals surface area contributed by atoms with Crippen molar-refractivity contribution >= 4 is 11.8 Å². The summed E-state index contributed by atoms with van der Waals surface area (Å²) in [6.45, 7) is 4.20. The van der Waals surface area contributed by atoms with Gasteiger partial charge in [0, 0.05) is 26.2 Å². The first-order valence-corrected chi connectivity index (χ1v) is 8.00. The molecule has 1 aliphatic heterocycles. The predicted octanol–water partition coefficient (Wildman–Crippen LogP) is 1.83. The predicted molar refractivity (Wildman–Crippen MR) is 84.5 cm³/mol. The molecule has 0 bridgehead atoms. The highest BCUT2D eigenvalue weighted by Crippen LogP contribution is 2.19. The lowest BCUT2D eigenvalue weighted by atomic mass is 9.96. The smallest absolute Gasteiger partial charge is 0.256 e. The molecule has 2 rings (SSSR count). The molecule has 1 saturated heterocycles. The standard InChI is InChI=1S/C17H23FN2O3/c1-2-23-12-16(21)19-11-13-7-9-20(10-8-13)17(22)14-5-3-4-6-15(14)18/h3-6,13H,2,7-12H2,1H3,(H,19,21). The largest absolute Gasteiger partial charge is 0.372 e. The molecule has 0 atom stereocenters. The van der Waals surface area contributed by atoms with Gasteiger partial charge in [-0.3, -0.25) is 9.59 Å². The van der Waals surface area contributed by atoms with Crippen LogP contribution in [-0.4, -0.2) is 49.6 Å². The molecule has 1 aromatic rings. The highest BCUT2D eigenvalue weighted by Gasteiger charge is 2.25. The summed E-state index contributed by atoms with van der Waals surface area (Å²) in [7, 11) is 0. The third-order valence-corrected chi connectivity index (χ3v) is 4.03. The molecule has 1 fully saturated rings. The molecule has 2 amide bonds. The third-order valence-electron chi connectivity index (χ3n) is 4.03. The van der Waals surface area contributed by atoms with Crippen LogP contribution in [0.3, 0.4) is 0 Å². The number of likely N-dealkylation sites (tertiary alicyclic amines) is 1. The van der Waals surface area contributed by atoms with Gasteiger partial charge >= 0.3 is 0 Å². The number of benzene rings is 1. The first kappa shape index (κ1) is 17.4. The van der Waals surface area contributed by atoms with Gasteiger partial charge in [0.25, 0.3) is 5.91 Å². The third kappa shape index (κ3) is 5.03. The van der Waals surface area contributed by atoms with Gasteiger partial charge in [0.15, 0.2) is 0 Å². The van der Waals surface area contributed by atoms with Gasteiger partial charge in [-0.15, -0.1) is 0 Å². The fraction of sp³-hybridized carbons (Fsp3) is 0.529. The zero-order chi connectivity index (χ0) is 16.7. The average Bonchev–Trinajstić information content (AvgIpc) is 2.58. The van der Waals surface area contributed by atoms with Crippen LogP contribution in [0, 0.1) is 11.7 Å². The Morgan fingerprint density at radius 3 is 2.65 bits per heavy atom. The van der Waals surface area contributed by atoms with Crippen molar-refractivity contribution in [3.05, 3.63) is 35.6 Å². The number of nitrogens with zero attached hydrogens (tertiary/aromatic N) is 1. The van der Waals surface area contributed by atoms with E-state index in [1.807, 2.05) is 6.92 Å². The molecule has 1 heterocycles. The Morgan fingerprint density at radius 2 is 2.00 bits per heavy atom. The van der Waals surface area contributed by atoms with E-state index in [2.05, 4.69) is 5.32 Å². The summed E-state index contributed by atoms with van der Waals surface area (Å²) in [5.74, 6) is -0.522. The molecule has 0 saturated carbocycles. The van der Waals surface area contributed by atoms with Gasteiger partial charge in [0.05, 0.1) is 5.56 Å². The first-order valence-electron chi connectivity index (χ1n) is 8.00. The van der Waals surface area contributed by atoms with Crippen molar-refractivity contribution < 1.29 is 18.7 Å². The molecule has 1 N–H and O–H groups in total. The Labute approximate surface area is 135 Å². The monoisotopic (exact) mass is 322 g/mol. The molecule has 1 aliphatic rings. The zero-order valence-electron chi connectivity index (χ0n) is 13.4. The topological polar surface area (TPSA) is 58.6 Å². The van der Waals surface area contributed by atoms with Gasteiger partial charge in [-0.05, 0) is 37.8 Å². The zero-order valence-corrected chi connectivity index (χ0v) is 13.4. The van der Waals surface area contributed by atoms with Gasteiger partial charge in [-0.25, -0.2) is 4.39 Å². The Kier molecular flexibility index (Phi) is 6.52. The number of halogens is 1. The minimum absolute atomic E-state index is 0.0844.